The van der Waals surface area contributed by atoms with E-state index in [1.807, 2.05) is 36.1 Å². The quantitative estimate of drug-likeness (QED) is 0.790. The number of hydrogen-bond donors (Lipinski definition) is 0. The fourth-order valence-corrected chi connectivity index (χ4v) is 4.01. The maximum Gasteiger partial charge on any atom is 0.247 e. The monoisotopic (exact) mass is 327 g/mol. The summed E-state index contributed by atoms with van der Waals surface area (Å²) in [6.07, 6.45) is 4.46. The lowest BCUT2D eigenvalue weighted by Crippen LogP contribution is -2.37. The van der Waals surface area contributed by atoms with Crippen LogP contribution in [0.1, 0.15) is 34.5 Å². The third kappa shape index (κ3) is 3.17. The lowest BCUT2D eigenvalue weighted by molar-refractivity contribution is -0.128. The summed E-state index contributed by atoms with van der Waals surface area (Å²) in [7, 11) is 1.65. The normalized spacial score (nSPS) is 17.3. The molecule has 0 saturated heterocycles. The highest BCUT2D eigenvalue weighted by molar-refractivity contribution is 7.10. The predicted octanol–water partition coefficient (Wildman–Crippen LogP) is 4.22. The van der Waals surface area contributed by atoms with Gasteiger partial charge in [0.1, 0.15) is 5.75 Å². The topological polar surface area (TPSA) is 29.5 Å². The van der Waals surface area contributed by atoms with Crippen LogP contribution in [0.3, 0.4) is 0 Å². The molecule has 0 aliphatic carbocycles. The Morgan fingerprint density at radius 1 is 1.39 bits per heavy atom. The summed E-state index contributed by atoms with van der Waals surface area (Å²) < 4.78 is 5.36. The zero-order valence-corrected chi connectivity index (χ0v) is 14.5. The number of benzene rings is 1. The second-order valence-corrected chi connectivity index (χ2v) is 6.84. The highest BCUT2D eigenvalue weighted by Gasteiger charge is 2.26. The second-order valence-electron chi connectivity index (χ2n) is 5.84. The molecule has 4 heteroatoms. The van der Waals surface area contributed by atoms with Gasteiger partial charge in [-0.25, -0.2) is 0 Å². The third-order valence-corrected chi connectivity index (χ3v) is 5.35. The second kappa shape index (κ2) is 6.59. The Labute approximate surface area is 141 Å². The molecule has 2 heterocycles. The van der Waals surface area contributed by atoms with E-state index in [0.29, 0.717) is 0 Å². The molecule has 1 amide bonds. The van der Waals surface area contributed by atoms with Gasteiger partial charge in [0.05, 0.1) is 13.2 Å². The molecule has 3 rings (SSSR count). The van der Waals surface area contributed by atoms with Gasteiger partial charge in [0.25, 0.3) is 0 Å². The van der Waals surface area contributed by atoms with Gasteiger partial charge in [-0.15, -0.1) is 11.3 Å². The van der Waals surface area contributed by atoms with Gasteiger partial charge in [-0.2, -0.15) is 0 Å². The van der Waals surface area contributed by atoms with Gasteiger partial charge in [-0.1, -0.05) is 11.6 Å². The number of amides is 1. The number of methoxy groups -OCH3 is 1. The lowest BCUT2D eigenvalue weighted by atomic mass is 10.0. The lowest BCUT2D eigenvalue weighted by Gasteiger charge is -2.32. The van der Waals surface area contributed by atoms with Crippen molar-refractivity contribution in [3.63, 3.8) is 0 Å². The molecule has 0 unspecified atom stereocenters. The van der Waals surface area contributed by atoms with Crippen LogP contribution in [0.2, 0.25) is 0 Å². The standard InChI is InChI=1S/C19H21NO2S/c1-13-4-6-17(22-3)15(12-13)5-7-19(21)20-10-8-18-16(14(20)2)9-11-23-18/h4-7,9,11-12,14H,8,10H2,1-3H3/b7-5+/t14-/m0/s1. The van der Waals surface area contributed by atoms with E-state index in [1.165, 1.54) is 10.4 Å². The number of carbonyl (C=O) groups excluding carboxylic acids is 1. The van der Waals surface area contributed by atoms with Gasteiger partial charge in [0.2, 0.25) is 5.91 Å². The SMILES string of the molecule is COc1ccc(C)cc1/C=C/C(=O)N1CCc2sccc2[C@@H]1C. The number of hydrogen-bond acceptors (Lipinski definition) is 3. The van der Waals surface area contributed by atoms with Crippen molar-refractivity contribution in [1.29, 1.82) is 0 Å². The molecule has 1 aliphatic heterocycles. The van der Waals surface area contributed by atoms with Crippen molar-refractivity contribution >= 4 is 23.3 Å². The fraction of sp³-hybridized carbons (Fsp3) is 0.316. The molecule has 0 spiro atoms. The van der Waals surface area contributed by atoms with E-state index in [2.05, 4.69) is 18.4 Å². The maximum absolute atomic E-state index is 12.6. The maximum atomic E-state index is 12.6. The van der Waals surface area contributed by atoms with Crippen molar-refractivity contribution in [2.24, 2.45) is 0 Å². The van der Waals surface area contributed by atoms with E-state index < -0.39 is 0 Å². The molecule has 1 aliphatic rings. The van der Waals surface area contributed by atoms with Gasteiger partial charge in [-0.3, -0.25) is 4.79 Å². The molecule has 3 nitrogen and oxygen atoms in total. The number of ether oxygens (including phenoxy) is 1. The van der Waals surface area contributed by atoms with Crippen LogP contribution in [0, 0.1) is 6.92 Å². The molecule has 0 fully saturated rings. The van der Waals surface area contributed by atoms with Crippen molar-refractivity contribution in [2.45, 2.75) is 26.3 Å². The summed E-state index contributed by atoms with van der Waals surface area (Å²) >= 11 is 1.79. The van der Waals surface area contributed by atoms with Gasteiger partial charge in [0, 0.05) is 23.1 Å². The van der Waals surface area contributed by atoms with Crippen LogP contribution in [-0.2, 0) is 11.2 Å². The van der Waals surface area contributed by atoms with Crippen LogP contribution >= 0.6 is 11.3 Å². The molecule has 1 aromatic heterocycles. The van der Waals surface area contributed by atoms with E-state index in [9.17, 15) is 4.79 Å². The van der Waals surface area contributed by atoms with E-state index >= 15 is 0 Å². The molecule has 0 N–H and O–H groups in total. The molecular formula is C19H21NO2S. The number of thiophene rings is 1. The Morgan fingerprint density at radius 2 is 2.22 bits per heavy atom. The van der Waals surface area contributed by atoms with E-state index in [4.69, 9.17) is 4.74 Å². The van der Waals surface area contributed by atoms with Gasteiger partial charge in [-0.05, 0) is 55.5 Å². The molecule has 23 heavy (non-hydrogen) atoms. The van der Waals surface area contributed by atoms with Crippen LogP contribution in [-0.4, -0.2) is 24.5 Å². The number of nitrogens with zero attached hydrogens (tertiary/aromatic N) is 1. The van der Waals surface area contributed by atoms with Crippen molar-refractivity contribution < 1.29 is 9.53 Å². The first-order valence-electron chi connectivity index (χ1n) is 7.79. The average Bonchev–Trinajstić information content (AvgIpc) is 3.02. The Hall–Kier alpha value is -2.07. The smallest absolute Gasteiger partial charge is 0.247 e. The van der Waals surface area contributed by atoms with Crippen LogP contribution in [0.15, 0.2) is 35.7 Å². The zero-order valence-electron chi connectivity index (χ0n) is 13.7. The number of rotatable bonds is 3. The predicted molar refractivity (Wildman–Crippen MR) is 94.9 cm³/mol. The van der Waals surface area contributed by atoms with Crippen molar-refractivity contribution in [2.75, 3.05) is 13.7 Å². The van der Waals surface area contributed by atoms with Crippen LogP contribution in [0.4, 0.5) is 0 Å². The van der Waals surface area contributed by atoms with Crippen LogP contribution < -0.4 is 4.74 Å². The summed E-state index contributed by atoms with van der Waals surface area (Å²) in [4.78, 5) is 15.9. The molecule has 0 bridgehead atoms. The zero-order chi connectivity index (χ0) is 16.4. The summed E-state index contributed by atoms with van der Waals surface area (Å²) in [6.45, 7) is 4.91. The minimum Gasteiger partial charge on any atom is -0.496 e. The average molecular weight is 327 g/mol. The number of fused-ring (bicyclic) bond motifs is 1. The molecule has 0 radical (unpaired) electrons. The molecule has 120 valence electrons. The highest BCUT2D eigenvalue weighted by atomic mass is 32.1. The summed E-state index contributed by atoms with van der Waals surface area (Å²) in [5, 5.41) is 2.11. The summed E-state index contributed by atoms with van der Waals surface area (Å²) in [5.74, 6) is 0.837. The first kappa shape index (κ1) is 15.8. The molecular weight excluding hydrogens is 306 g/mol. The number of carbonyl (C=O) groups is 1. The van der Waals surface area contributed by atoms with E-state index in [1.54, 1.807) is 24.5 Å². The third-order valence-electron chi connectivity index (χ3n) is 4.35. The Bertz CT molecular complexity index is 748. The summed E-state index contributed by atoms with van der Waals surface area (Å²) in [6, 6.07) is 8.24. The van der Waals surface area contributed by atoms with E-state index in [0.717, 1.165) is 29.8 Å². The van der Waals surface area contributed by atoms with E-state index in [-0.39, 0.29) is 11.9 Å². The van der Waals surface area contributed by atoms with Crippen molar-refractivity contribution in [1.82, 2.24) is 4.90 Å². The van der Waals surface area contributed by atoms with Gasteiger partial charge >= 0.3 is 0 Å². The Kier molecular flexibility index (Phi) is 4.53. The Balaban J connectivity index is 1.79. The minimum atomic E-state index is 0.0536. The minimum absolute atomic E-state index is 0.0536. The van der Waals surface area contributed by atoms with Gasteiger partial charge < -0.3 is 9.64 Å². The molecule has 1 aromatic carbocycles. The first-order chi connectivity index (χ1) is 11.1. The molecule has 2 aromatic rings. The van der Waals surface area contributed by atoms with Crippen LogP contribution in [0.25, 0.3) is 6.08 Å². The van der Waals surface area contributed by atoms with Gasteiger partial charge in [0.15, 0.2) is 0 Å². The van der Waals surface area contributed by atoms with Crippen molar-refractivity contribution in [3.8, 4) is 5.75 Å². The largest absolute Gasteiger partial charge is 0.496 e. The first-order valence-corrected chi connectivity index (χ1v) is 8.67. The highest BCUT2D eigenvalue weighted by Crippen LogP contribution is 2.33. The Morgan fingerprint density at radius 3 is 3.00 bits per heavy atom. The fourth-order valence-electron chi connectivity index (χ4n) is 3.05. The van der Waals surface area contributed by atoms with Crippen LogP contribution in [0.5, 0.6) is 5.75 Å². The number of aryl methyl sites for hydroxylation is 1. The molecule has 0 saturated carbocycles. The molecule has 1 atom stereocenters. The van der Waals surface area contributed by atoms with Crippen molar-refractivity contribution in [3.05, 3.63) is 57.3 Å². The summed E-state index contributed by atoms with van der Waals surface area (Å²) in [5.41, 5.74) is 3.37.